The fourth-order valence-corrected chi connectivity index (χ4v) is 3.76. The Hall–Kier alpha value is -3.44. The number of rotatable bonds is 6. The van der Waals surface area contributed by atoms with E-state index in [0.717, 1.165) is 18.4 Å². The summed E-state index contributed by atoms with van der Waals surface area (Å²) in [6, 6.07) is 25.0. The minimum Gasteiger partial charge on any atom is -0.378 e. The zero-order valence-corrected chi connectivity index (χ0v) is 17.4. The van der Waals surface area contributed by atoms with Crippen molar-refractivity contribution in [2.45, 2.75) is 12.8 Å². The minimum atomic E-state index is -0.167. The first kappa shape index (κ1) is 20.8. The first-order valence-corrected chi connectivity index (χ1v) is 10.6. The highest BCUT2D eigenvalue weighted by atomic mass is 16.5. The van der Waals surface area contributed by atoms with Crippen molar-refractivity contribution in [1.82, 2.24) is 4.90 Å². The Balaban J connectivity index is 1.45. The molecule has 1 aliphatic rings. The van der Waals surface area contributed by atoms with Gasteiger partial charge in [0.2, 0.25) is 0 Å². The van der Waals surface area contributed by atoms with Crippen molar-refractivity contribution < 1.29 is 14.3 Å². The molecule has 0 aliphatic carbocycles. The van der Waals surface area contributed by atoms with Crippen LogP contribution in [0.5, 0.6) is 0 Å². The zero-order chi connectivity index (χ0) is 21.5. The maximum Gasteiger partial charge on any atom is 0.255 e. The van der Waals surface area contributed by atoms with Crippen molar-refractivity contribution in [3.05, 3.63) is 101 Å². The Morgan fingerprint density at radius 3 is 2.39 bits per heavy atom. The summed E-state index contributed by atoms with van der Waals surface area (Å²) in [6.45, 7) is 2.29. The maximum atomic E-state index is 13.0. The molecule has 3 aromatic rings. The zero-order valence-electron chi connectivity index (χ0n) is 17.4. The molecule has 1 fully saturated rings. The second kappa shape index (κ2) is 10.0. The van der Waals surface area contributed by atoms with Gasteiger partial charge in [-0.15, -0.1) is 0 Å². The third-order valence-electron chi connectivity index (χ3n) is 5.45. The summed E-state index contributed by atoms with van der Waals surface area (Å²) in [5, 5.41) is 2.96. The van der Waals surface area contributed by atoms with E-state index in [-0.39, 0.29) is 11.8 Å². The van der Waals surface area contributed by atoms with Gasteiger partial charge in [-0.3, -0.25) is 9.59 Å². The van der Waals surface area contributed by atoms with Crippen molar-refractivity contribution in [2.75, 3.05) is 31.6 Å². The van der Waals surface area contributed by atoms with Crippen molar-refractivity contribution in [3.63, 3.8) is 0 Å². The van der Waals surface area contributed by atoms with Crippen LogP contribution in [-0.2, 0) is 17.6 Å². The lowest BCUT2D eigenvalue weighted by atomic mass is 9.99. The summed E-state index contributed by atoms with van der Waals surface area (Å²) in [5.74, 6) is -0.206. The number of anilines is 1. The van der Waals surface area contributed by atoms with E-state index in [1.807, 2.05) is 42.5 Å². The average Bonchev–Trinajstić information content (AvgIpc) is 2.84. The molecule has 3 aromatic carbocycles. The molecule has 4 rings (SSSR count). The van der Waals surface area contributed by atoms with E-state index in [0.29, 0.717) is 43.1 Å². The first-order valence-electron chi connectivity index (χ1n) is 10.6. The van der Waals surface area contributed by atoms with Gasteiger partial charge in [-0.05, 0) is 48.2 Å². The smallest absolute Gasteiger partial charge is 0.255 e. The fraction of sp³-hybridized carbons (Fsp3) is 0.231. The molecule has 0 unspecified atom stereocenters. The molecule has 0 atom stereocenters. The topological polar surface area (TPSA) is 58.6 Å². The van der Waals surface area contributed by atoms with Crippen molar-refractivity contribution in [2.24, 2.45) is 0 Å². The molecule has 5 heteroatoms. The highest BCUT2D eigenvalue weighted by molar-refractivity contribution is 6.06. The van der Waals surface area contributed by atoms with Crippen molar-refractivity contribution in [3.8, 4) is 0 Å². The second-order valence-electron chi connectivity index (χ2n) is 7.58. The minimum absolute atomic E-state index is 0.0392. The van der Waals surface area contributed by atoms with Gasteiger partial charge in [0.1, 0.15) is 0 Å². The largest absolute Gasteiger partial charge is 0.378 e. The molecule has 0 aromatic heterocycles. The lowest BCUT2D eigenvalue weighted by Gasteiger charge is -2.27. The Bertz CT molecular complexity index is 1040. The Morgan fingerprint density at radius 1 is 0.839 bits per heavy atom. The van der Waals surface area contributed by atoms with E-state index < -0.39 is 0 Å². The molecule has 0 spiro atoms. The van der Waals surface area contributed by atoms with E-state index in [4.69, 9.17) is 4.74 Å². The SMILES string of the molecule is O=C(Nc1cccc(C(=O)N2CCOCC2)c1)c1ccccc1CCc1ccccc1. The van der Waals surface area contributed by atoms with Gasteiger partial charge in [-0.25, -0.2) is 0 Å². The van der Waals surface area contributed by atoms with E-state index >= 15 is 0 Å². The lowest BCUT2D eigenvalue weighted by molar-refractivity contribution is 0.0303. The highest BCUT2D eigenvalue weighted by Crippen LogP contribution is 2.18. The summed E-state index contributed by atoms with van der Waals surface area (Å²) in [4.78, 5) is 27.5. The Kier molecular flexibility index (Phi) is 6.75. The third kappa shape index (κ3) is 5.38. The van der Waals surface area contributed by atoms with Crippen LogP contribution in [0.3, 0.4) is 0 Å². The third-order valence-corrected chi connectivity index (χ3v) is 5.45. The quantitative estimate of drug-likeness (QED) is 0.658. The van der Waals surface area contributed by atoms with Gasteiger partial charge >= 0.3 is 0 Å². The Labute approximate surface area is 182 Å². The number of morpholine rings is 1. The molecule has 0 saturated carbocycles. The normalized spacial score (nSPS) is 13.6. The van der Waals surface area contributed by atoms with Gasteiger partial charge in [-0.1, -0.05) is 54.6 Å². The summed E-state index contributed by atoms with van der Waals surface area (Å²) in [7, 11) is 0. The van der Waals surface area contributed by atoms with Crippen LogP contribution < -0.4 is 5.32 Å². The maximum absolute atomic E-state index is 13.0. The number of carbonyl (C=O) groups excluding carboxylic acids is 2. The van der Waals surface area contributed by atoms with Gasteiger partial charge in [0, 0.05) is 29.9 Å². The molecule has 0 bridgehead atoms. The number of hydrogen-bond donors (Lipinski definition) is 1. The number of nitrogens with zero attached hydrogens (tertiary/aromatic N) is 1. The number of aryl methyl sites for hydroxylation is 2. The predicted octanol–water partition coefficient (Wildman–Crippen LogP) is 4.20. The molecule has 1 N–H and O–H groups in total. The van der Waals surface area contributed by atoms with Crippen LogP contribution in [0.1, 0.15) is 31.8 Å². The van der Waals surface area contributed by atoms with E-state index in [2.05, 4.69) is 17.4 Å². The number of benzene rings is 3. The van der Waals surface area contributed by atoms with Crippen molar-refractivity contribution >= 4 is 17.5 Å². The summed E-state index contributed by atoms with van der Waals surface area (Å²) >= 11 is 0. The monoisotopic (exact) mass is 414 g/mol. The van der Waals surface area contributed by atoms with Gasteiger partial charge in [-0.2, -0.15) is 0 Å². The molecular formula is C26H26N2O3. The molecule has 158 valence electrons. The van der Waals surface area contributed by atoms with E-state index in [9.17, 15) is 9.59 Å². The molecule has 2 amide bonds. The molecule has 1 aliphatic heterocycles. The molecule has 5 nitrogen and oxygen atoms in total. The van der Waals surface area contributed by atoms with Crippen LogP contribution in [0.25, 0.3) is 0 Å². The molecular weight excluding hydrogens is 388 g/mol. The van der Waals surface area contributed by atoms with Crippen LogP contribution in [0.2, 0.25) is 0 Å². The van der Waals surface area contributed by atoms with Gasteiger partial charge in [0.25, 0.3) is 11.8 Å². The number of nitrogens with one attached hydrogen (secondary N) is 1. The number of hydrogen-bond acceptors (Lipinski definition) is 3. The number of carbonyl (C=O) groups is 2. The van der Waals surface area contributed by atoms with Gasteiger partial charge in [0.05, 0.1) is 13.2 Å². The lowest BCUT2D eigenvalue weighted by Crippen LogP contribution is -2.40. The fourth-order valence-electron chi connectivity index (χ4n) is 3.76. The van der Waals surface area contributed by atoms with Gasteiger partial charge in [0.15, 0.2) is 0 Å². The molecule has 31 heavy (non-hydrogen) atoms. The average molecular weight is 415 g/mol. The first-order chi connectivity index (χ1) is 15.2. The summed E-state index contributed by atoms with van der Waals surface area (Å²) in [5.41, 5.74) is 4.08. The number of ether oxygens (including phenoxy) is 1. The summed E-state index contributed by atoms with van der Waals surface area (Å²) < 4.78 is 5.32. The molecule has 1 heterocycles. The second-order valence-corrected chi connectivity index (χ2v) is 7.58. The van der Waals surface area contributed by atoms with Crippen LogP contribution in [0.15, 0.2) is 78.9 Å². The van der Waals surface area contributed by atoms with Crippen LogP contribution >= 0.6 is 0 Å². The van der Waals surface area contributed by atoms with Crippen LogP contribution in [0.4, 0.5) is 5.69 Å². The highest BCUT2D eigenvalue weighted by Gasteiger charge is 2.19. The van der Waals surface area contributed by atoms with E-state index in [1.165, 1.54) is 5.56 Å². The summed E-state index contributed by atoms with van der Waals surface area (Å²) in [6.07, 6.45) is 1.65. The molecule has 0 radical (unpaired) electrons. The predicted molar refractivity (Wildman–Crippen MR) is 121 cm³/mol. The van der Waals surface area contributed by atoms with Crippen molar-refractivity contribution in [1.29, 1.82) is 0 Å². The molecule has 1 saturated heterocycles. The van der Waals surface area contributed by atoms with E-state index in [1.54, 1.807) is 29.2 Å². The number of amides is 2. The standard InChI is InChI=1S/C26H26N2O3/c29-25(24-12-5-4-9-21(24)14-13-20-7-2-1-3-8-20)27-23-11-6-10-22(19-23)26(30)28-15-17-31-18-16-28/h1-12,19H,13-18H2,(H,27,29). The van der Waals surface area contributed by atoms with Gasteiger partial charge < -0.3 is 15.0 Å². The van der Waals surface area contributed by atoms with Crippen LogP contribution in [-0.4, -0.2) is 43.0 Å². The Morgan fingerprint density at radius 2 is 1.58 bits per heavy atom. The van der Waals surface area contributed by atoms with Crippen LogP contribution in [0, 0.1) is 0 Å².